The van der Waals surface area contributed by atoms with Gasteiger partial charge in [0.05, 0.1) is 18.8 Å². The summed E-state index contributed by atoms with van der Waals surface area (Å²) in [6.45, 7) is 4.98. The van der Waals surface area contributed by atoms with Crippen molar-refractivity contribution in [1.29, 1.82) is 0 Å². The average molecular weight is 366 g/mol. The number of benzene rings is 1. The molecule has 8 heteroatoms. The molecule has 1 heterocycles. The van der Waals surface area contributed by atoms with E-state index < -0.39 is 6.36 Å². The number of hydrogen-bond acceptors (Lipinski definition) is 3. The molecule has 0 aliphatic heterocycles. The van der Waals surface area contributed by atoms with Gasteiger partial charge in [-0.15, -0.1) is 13.2 Å². The van der Waals surface area contributed by atoms with Gasteiger partial charge in [0.2, 0.25) is 0 Å². The normalized spacial score (nSPS) is 12.0. The van der Waals surface area contributed by atoms with Crippen molar-refractivity contribution < 1.29 is 17.9 Å². The number of nitrogens with zero attached hydrogens (tertiary/aromatic N) is 2. The number of pyridine rings is 1. The molecule has 0 atom stereocenters. The Morgan fingerprint density at radius 1 is 1.15 bits per heavy atom. The van der Waals surface area contributed by atoms with Crippen LogP contribution in [-0.4, -0.2) is 23.9 Å². The molecule has 2 aromatic rings. The maximum atomic E-state index is 12.5. The van der Waals surface area contributed by atoms with E-state index in [0.29, 0.717) is 24.6 Å². The minimum Gasteiger partial charge on any atom is -0.405 e. The van der Waals surface area contributed by atoms with Gasteiger partial charge in [-0.25, -0.2) is 4.99 Å². The average Bonchev–Trinajstić information content (AvgIpc) is 2.58. The summed E-state index contributed by atoms with van der Waals surface area (Å²) in [4.78, 5) is 8.63. The van der Waals surface area contributed by atoms with Crippen LogP contribution in [0.2, 0.25) is 0 Å². The highest BCUT2D eigenvalue weighted by Crippen LogP contribution is 2.26. The van der Waals surface area contributed by atoms with Crippen LogP contribution in [0.15, 0.2) is 47.6 Å². The Morgan fingerprint density at radius 3 is 2.62 bits per heavy atom. The molecule has 0 spiro atoms. The molecule has 140 valence electrons. The lowest BCUT2D eigenvalue weighted by Gasteiger charge is -2.14. The number of para-hydroxylation sites is 1. The first kappa shape index (κ1) is 19.6. The Balaban J connectivity index is 2.08. The lowest BCUT2D eigenvalue weighted by atomic mass is 10.2. The van der Waals surface area contributed by atoms with Gasteiger partial charge in [-0.1, -0.05) is 24.3 Å². The predicted molar refractivity (Wildman–Crippen MR) is 93.8 cm³/mol. The quantitative estimate of drug-likeness (QED) is 0.606. The molecule has 0 radical (unpaired) electrons. The Labute approximate surface area is 150 Å². The summed E-state index contributed by atoms with van der Waals surface area (Å²) in [5.74, 6) is 0.236. The first-order valence-corrected chi connectivity index (χ1v) is 8.15. The summed E-state index contributed by atoms with van der Waals surface area (Å²) < 4.78 is 41.5. The molecule has 0 saturated carbocycles. The molecule has 0 aliphatic rings. The zero-order valence-electron chi connectivity index (χ0n) is 14.6. The number of aliphatic imine (C=N–C) groups is 1. The molecule has 0 unspecified atom stereocenters. The number of aryl methyl sites for hydroxylation is 1. The Hall–Kier alpha value is -2.77. The van der Waals surface area contributed by atoms with Crippen LogP contribution < -0.4 is 15.4 Å². The maximum absolute atomic E-state index is 12.5. The van der Waals surface area contributed by atoms with Gasteiger partial charge >= 0.3 is 6.36 Å². The molecule has 1 aromatic heterocycles. The highest BCUT2D eigenvalue weighted by molar-refractivity contribution is 5.79. The molecule has 5 nitrogen and oxygen atoms in total. The zero-order chi connectivity index (χ0) is 19.0. The van der Waals surface area contributed by atoms with E-state index in [9.17, 15) is 13.2 Å². The number of hydrogen-bond donors (Lipinski definition) is 2. The first-order chi connectivity index (χ1) is 12.4. The molecular weight excluding hydrogens is 345 g/mol. The van der Waals surface area contributed by atoms with E-state index in [0.717, 1.165) is 11.3 Å². The van der Waals surface area contributed by atoms with Gasteiger partial charge in [-0.2, -0.15) is 0 Å². The molecule has 0 bridgehead atoms. The van der Waals surface area contributed by atoms with Gasteiger partial charge in [0.25, 0.3) is 0 Å². The standard InChI is InChI=1S/C18H21F3N4O/c1-3-22-17(25-12-15-13(2)7-6-10-23-15)24-11-14-8-4-5-9-16(14)26-18(19,20)21/h4-10H,3,11-12H2,1-2H3,(H2,22,24,25). The molecular formula is C18H21F3N4O. The Kier molecular flexibility index (Phi) is 6.82. The van der Waals surface area contributed by atoms with Crippen molar-refractivity contribution >= 4 is 5.96 Å². The number of nitrogens with one attached hydrogen (secondary N) is 2. The molecule has 2 rings (SSSR count). The number of alkyl halides is 3. The highest BCUT2D eigenvalue weighted by atomic mass is 19.4. The van der Waals surface area contributed by atoms with Crippen LogP contribution in [-0.2, 0) is 13.1 Å². The van der Waals surface area contributed by atoms with Crippen LogP contribution in [0, 0.1) is 6.92 Å². The number of ether oxygens (including phenoxy) is 1. The number of guanidine groups is 1. The van der Waals surface area contributed by atoms with Crippen LogP contribution in [0.5, 0.6) is 5.75 Å². The summed E-state index contributed by atoms with van der Waals surface area (Å²) in [5.41, 5.74) is 2.26. The lowest BCUT2D eigenvalue weighted by molar-refractivity contribution is -0.274. The SMILES string of the molecule is CCNC(=NCc1ccccc1OC(F)(F)F)NCc1ncccc1C. The molecule has 0 aliphatic carbocycles. The second-order valence-electron chi connectivity index (χ2n) is 5.47. The third kappa shape index (κ3) is 6.27. The van der Waals surface area contributed by atoms with E-state index in [1.165, 1.54) is 12.1 Å². The van der Waals surface area contributed by atoms with E-state index in [-0.39, 0.29) is 12.3 Å². The fourth-order valence-electron chi connectivity index (χ4n) is 2.24. The van der Waals surface area contributed by atoms with Gasteiger partial charge in [0, 0.05) is 18.3 Å². The third-order valence-electron chi connectivity index (χ3n) is 3.49. The monoisotopic (exact) mass is 366 g/mol. The van der Waals surface area contributed by atoms with Crippen LogP contribution >= 0.6 is 0 Å². The summed E-state index contributed by atoms with van der Waals surface area (Å²) in [5, 5.41) is 6.19. The summed E-state index contributed by atoms with van der Waals surface area (Å²) in [6.07, 6.45) is -3.03. The third-order valence-corrected chi connectivity index (χ3v) is 3.49. The van der Waals surface area contributed by atoms with Gasteiger partial charge in [0.1, 0.15) is 5.75 Å². The van der Waals surface area contributed by atoms with Crippen molar-refractivity contribution in [2.24, 2.45) is 4.99 Å². The van der Waals surface area contributed by atoms with E-state index in [4.69, 9.17) is 0 Å². The minimum atomic E-state index is -4.74. The Bertz CT molecular complexity index is 747. The fraction of sp³-hybridized carbons (Fsp3) is 0.333. The van der Waals surface area contributed by atoms with Crippen LogP contribution in [0.4, 0.5) is 13.2 Å². The van der Waals surface area contributed by atoms with Gasteiger partial charge in [-0.3, -0.25) is 4.98 Å². The molecule has 26 heavy (non-hydrogen) atoms. The highest BCUT2D eigenvalue weighted by Gasteiger charge is 2.31. The van der Waals surface area contributed by atoms with E-state index >= 15 is 0 Å². The van der Waals surface area contributed by atoms with Crippen molar-refractivity contribution in [3.63, 3.8) is 0 Å². The second kappa shape index (κ2) is 9.07. The van der Waals surface area contributed by atoms with Crippen molar-refractivity contribution in [2.75, 3.05) is 6.54 Å². The van der Waals surface area contributed by atoms with E-state index in [1.54, 1.807) is 18.3 Å². The summed E-state index contributed by atoms with van der Waals surface area (Å²) in [6, 6.07) is 9.77. The Morgan fingerprint density at radius 2 is 1.92 bits per heavy atom. The topological polar surface area (TPSA) is 58.5 Å². The van der Waals surface area contributed by atoms with Crippen molar-refractivity contribution in [1.82, 2.24) is 15.6 Å². The first-order valence-electron chi connectivity index (χ1n) is 8.15. The summed E-state index contributed by atoms with van der Waals surface area (Å²) in [7, 11) is 0. The van der Waals surface area contributed by atoms with Crippen molar-refractivity contribution in [3.8, 4) is 5.75 Å². The van der Waals surface area contributed by atoms with Gasteiger partial charge in [0.15, 0.2) is 5.96 Å². The smallest absolute Gasteiger partial charge is 0.405 e. The molecule has 0 saturated heterocycles. The van der Waals surface area contributed by atoms with Crippen molar-refractivity contribution in [3.05, 3.63) is 59.4 Å². The molecule has 2 N–H and O–H groups in total. The van der Waals surface area contributed by atoms with E-state index in [2.05, 4.69) is 25.3 Å². The molecule has 0 fully saturated rings. The fourth-order valence-corrected chi connectivity index (χ4v) is 2.24. The number of halogens is 3. The van der Waals surface area contributed by atoms with Crippen molar-refractivity contribution in [2.45, 2.75) is 33.3 Å². The minimum absolute atomic E-state index is 0.0444. The van der Waals surface area contributed by atoms with Gasteiger partial charge in [-0.05, 0) is 31.5 Å². The van der Waals surface area contributed by atoms with Crippen LogP contribution in [0.3, 0.4) is 0 Å². The van der Waals surface area contributed by atoms with E-state index in [1.807, 2.05) is 26.0 Å². The maximum Gasteiger partial charge on any atom is 0.573 e. The molecule has 0 amide bonds. The molecule has 1 aromatic carbocycles. The van der Waals surface area contributed by atoms with Crippen LogP contribution in [0.1, 0.15) is 23.7 Å². The van der Waals surface area contributed by atoms with Crippen LogP contribution in [0.25, 0.3) is 0 Å². The summed E-state index contributed by atoms with van der Waals surface area (Å²) >= 11 is 0. The zero-order valence-corrected chi connectivity index (χ0v) is 14.6. The lowest BCUT2D eigenvalue weighted by Crippen LogP contribution is -2.37. The predicted octanol–water partition coefficient (Wildman–Crippen LogP) is 3.54. The second-order valence-corrected chi connectivity index (χ2v) is 5.47. The number of aromatic nitrogens is 1. The number of rotatable bonds is 6. The largest absolute Gasteiger partial charge is 0.573 e. The van der Waals surface area contributed by atoms with Gasteiger partial charge < -0.3 is 15.4 Å².